The van der Waals surface area contributed by atoms with Gasteiger partial charge in [0.15, 0.2) is 0 Å². The minimum Gasteiger partial charge on any atom is -0.385 e. The first-order valence-electron chi connectivity index (χ1n) is 7.79. The molecule has 1 aromatic rings. The molecule has 0 fully saturated rings. The summed E-state index contributed by atoms with van der Waals surface area (Å²) in [6.07, 6.45) is 1.82. The zero-order valence-corrected chi connectivity index (χ0v) is 14.7. The molecule has 22 heavy (non-hydrogen) atoms. The van der Waals surface area contributed by atoms with Crippen LogP contribution in [0.2, 0.25) is 5.02 Å². The molecule has 0 aliphatic carbocycles. The van der Waals surface area contributed by atoms with Gasteiger partial charge in [0.1, 0.15) is 0 Å². The molecule has 0 spiro atoms. The second-order valence-electron chi connectivity index (χ2n) is 5.83. The van der Waals surface area contributed by atoms with Crippen LogP contribution in [0.5, 0.6) is 0 Å². The Bertz CT molecular complexity index is 478. The highest BCUT2D eigenvalue weighted by Gasteiger charge is 2.12. The fraction of sp³-hybridized carbons (Fsp3) is 0.588. The van der Waals surface area contributed by atoms with Gasteiger partial charge in [0.05, 0.1) is 10.6 Å². The van der Waals surface area contributed by atoms with Crippen molar-refractivity contribution in [3.8, 4) is 0 Å². The zero-order chi connectivity index (χ0) is 16.5. The minimum absolute atomic E-state index is 0.136. The third kappa shape index (κ3) is 6.24. The first-order chi connectivity index (χ1) is 10.5. The summed E-state index contributed by atoms with van der Waals surface area (Å²) in [5.74, 6) is 0.372. The molecule has 0 radical (unpaired) electrons. The second-order valence-corrected chi connectivity index (χ2v) is 6.23. The number of rotatable bonds is 9. The number of hydrogen-bond acceptors (Lipinski definition) is 3. The number of carbonyl (C=O) groups is 1. The minimum atomic E-state index is -0.136. The van der Waals surface area contributed by atoms with Crippen LogP contribution in [0, 0.1) is 5.92 Å². The Morgan fingerprint density at radius 2 is 2.00 bits per heavy atom. The van der Waals surface area contributed by atoms with E-state index in [-0.39, 0.29) is 5.91 Å². The van der Waals surface area contributed by atoms with Crippen molar-refractivity contribution in [3.63, 3.8) is 0 Å². The van der Waals surface area contributed by atoms with Gasteiger partial charge in [-0.05, 0) is 43.9 Å². The van der Waals surface area contributed by atoms with E-state index in [0.29, 0.717) is 35.7 Å². The average Bonchev–Trinajstić information content (AvgIpc) is 2.48. The Labute approximate surface area is 138 Å². The first-order valence-corrected chi connectivity index (χ1v) is 8.16. The number of benzene rings is 1. The molecule has 1 atom stereocenters. The van der Waals surface area contributed by atoms with Gasteiger partial charge >= 0.3 is 0 Å². The molecule has 1 rings (SSSR count). The largest absolute Gasteiger partial charge is 0.385 e. The lowest BCUT2D eigenvalue weighted by Gasteiger charge is -2.19. The van der Waals surface area contributed by atoms with Crippen molar-refractivity contribution in [1.82, 2.24) is 5.32 Å². The van der Waals surface area contributed by atoms with Crippen LogP contribution in [0.15, 0.2) is 18.2 Å². The van der Waals surface area contributed by atoms with Crippen molar-refractivity contribution in [3.05, 3.63) is 28.8 Å². The summed E-state index contributed by atoms with van der Waals surface area (Å²) in [7, 11) is 1.68. The van der Waals surface area contributed by atoms with E-state index < -0.39 is 0 Å². The molecule has 0 aliphatic rings. The van der Waals surface area contributed by atoms with E-state index in [1.165, 1.54) is 0 Å². The van der Waals surface area contributed by atoms with Gasteiger partial charge in [-0.1, -0.05) is 25.4 Å². The average molecular weight is 327 g/mol. The highest BCUT2D eigenvalue weighted by atomic mass is 35.5. The van der Waals surface area contributed by atoms with Crippen molar-refractivity contribution in [2.24, 2.45) is 5.92 Å². The fourth-order valence-electron chi connectivity index (χ4n) is 1.89. The number of amides is 1. The summed E-state index contributed by atoms with van der Waals surface area (Å²) < 4.78 is 4.98. The van der Waals surface area contributed by atoms with Gasteiger partial charge < -0.3 is 15.4 Å². The van der Waals surface area contributed by atoms with Crippen molar-refractivity contribution in [2.45, 2.75) is 39.7 Å². The van der Waals surface area contributed by atoms with E-state index in [9.17, 15) is 4.79 Å². The Hall–Kier alpha value is -1.26. The van der Waals surface area contributed by atoms with E-state index in [1.807, 2.05) is 12.1 Å². The van der Waals surface area contributed by atoms with E-state index in [4.69, 9.17) is 16.3 Å². The molecule has 2 N–H and O–H groups in total. The predicted molar refractivity (Wildman–Crippen MR) is 92.8 cm³/mol. The van der Waals surface area contributed by atoms with Crippen molar-refractivity contribution in [2.75, 3.05) is 25.6 Å². The van der Waals surface area contributed by atoms with Crippen LogP contribution in [0.1, 0.15) is 44.0 Å². The Morgan fingerprint density at radius 3 is 2.64 bits per heavy atom. The Kier molecular flexibility index (Phi) is 8.28. The number of ether oxygens (including phenoxy) is 1. The number of methoxy groups -OCH3 is 1. The topological polar surface area (TPSA) is 50.4 Å². The van der Waals surface area contributed by atoms with Crippen LogP contribution in [0.3, 0.4) is 0 Å². The molecule has 1 amide bonds. The second kappa shape index (κ2) is 9.70. The number of carbonyl (C=O) groups excluding carboxylic acids is 1. The lowest BCUT2D eigenvalue weighted by Crippen LogP contribution is -2.25. The smallest absolute Gasteiger partial charge is 0.252 e. The van der Waals surface area contributed by atoms with E-state index >= 15 is 0 Å². The summed E-state index contributed by atoms with van der Waals surface area (Å²) in [5.41, 5.74) is 1.42. The van der Waals surface area contributed by atoms with Gasteiger partial charge in [-0.25, -0.2) is 0 Å². The summed E-state index contributed by atoms with van der Waals surface area (Å²) in [6, 6.07) is 5.80. The fourth-order valence-corrected chi connectivity index (χ4v) is 2.09. The molecule has 4 nitrogen and oxygen atoms in total. The lowest BCUT2D eigenvalue weighted by molar-refractivity contribution is 0.0951. The highest BCUT2D eigenvalue weighted by molar-refractivity contribution is 6.34. The number of nitrogens with one attached hydrogen (secondary N) is 2. The maximum absolute atomic E-state index is 12.2. The maximum atomic E-state index is 12.2. The van der Waals surface area contributed by atoms with Crippen molar-refractivity contribution in [1.29, 1.82) is 0 Å². The predicted octanol–water partition coefficient (Wildman–Crippen LogP) is 3.95. The lowest BCUT2D eigenvalue weighted by atomic mass is 10.1. The molecule has 0 saturated heterocycles. The SMILES string of the molecule is COCCCCNC(=O)c1cc(NC(C)C(C)C)ccc1Cl. The maximum Gasteiger partial charge on any atom is 0.252 e. The molecule has 0 aliphatic heterocycles. The van der Waals surface area contributed by atoms with Gasteiger partial charge in [-0.15, -0.1) is 0 Å². The van der Waals surface area contributed by atoms with Crippen LogP contribution >= 0.6 is 11.6 Å². The van der Waals surface area contributed by atoms with Gasteiger partial charge in [0.2, 0.25) is 0 Å². The molecular formula is C17H27ClN2O2. The number of hydrogen-bond donors (Lipinski definition) is 2. The molecule has 0 saturated carbocycles. The normalized spacial score (nSPS) is 12.3. The third-order valence-electron chi connectivity index (χ3n) is 3.67. The Balaban J connectivity index is 2.62. The Morgan fingerprint density at radius 1 is 1.27 bits per heavy atom. The van der Waals surface area contributed by atoms with Crippen molar-refractivity contribution >= 4 is 23.2 Å². The molecular weight excluding hydrogens is 300 g/mol. The monoisotopic (exact) mass is 326 g/mol. The van der Waals surface area contributed by atoms with Gasteiger partial charge in [0, 0.05) is 32.0 Å². The molecule has 5 heteroatoms. The van der Waals surface area contributed by atoms with E-state index in [0.717, 1.165) is 18.5 Å². The summed E-state index contributed by atoms with van der Waals surface area (Å²) in [5, 5.41) is 6.76. The van der Waals surface area contributed by atoms with Gasteiger partial charge in [-0.2, -0.15) is 0 Å². The molecule has 1 unspecified atom stereocenters. The molecule has 0 heterocycles. The van der Waals surface area contributed by atoms with E-state index in [2.05, 4.69) is 31.4 Å². The van der Waals surface area contributed by atoms with Crippen LogP contribution in [-0.4, -0.2) is 32.2 Å². The molecule has 124 valence electrons. The van der Waals surface area contributed by atoms with Crippen LogP contribution in [0.4, 0.5) is 5.69 Å². The summed E-state index contributed by atoms with van der Waals surface area (Å²) >= 11 is 6.14. The van der Waals surface area contributed by atoms with Crippen molar-refractivity contribution < 1.29 is 9.53 Å². The summed E-state index contributed by atoms with van der Waals surface area (Å²) in [4.78, 5) is 12.2. The quantitative estimate of drug-likeness (QED) is 0.675. The van der Waals surface area contributed by atoms with Gasteiger partial charge in [0.25, 0.3) is 5.91 Å². The third-order valence-corrected chi connectivity index (χ3v) is 4.00. The van der Waals surface area contributed by atoms with Crippen LogP contribution in [0.25, 0.3) is 0 Å². The van der Waals surface area contributed by atoms with Crippen LogP contribution in [-0.2, 0) is 4.74 Å². The van der Waals surface area contributed by atoms with E-state index in [1.54, 1.807) is 13.2 Å². The number of anilines is 1. The zero-order valence-electron chi connectivity index (χ0n) is 13.9. The van der Waals surface area contributed by atoms with Crippen LogP contribution < -0.4 is 10.6 Å². The molecule has 0 bridgehead atoms. The standard InChI is InChI=1S/C17H27ClN2O2/c1-12(2)13(3)20-14-7-8-16(18)15(11-14)17(21)19-9-5-6-10-22-4/h7-8,11-13,20H,5-6,9-10H2,1-4H3,(H,19,21). The molecule has 1 aromatic carbocycles. The highest BCUT2D eigenvalue weighted by Crippen LogP contribution is 2.22. The first kappa shape index (κ1) is 18.8. The van der Waals surface area contributed by atoms with Gasteiger partial charge in [-0.3, -0.25) is 4.79 Å². The summed E-state index contributed by atoms with van der Waals surface area (Å²) in [6.45, 7) is 7.76. The number of unbranched alkanes of at least 4 members (excludes halogenated alkanes) is 1. The number of halogens is 1. The molecule has 0 aromatic heterocycles.